The molecule has 1 saturated carbocycles. The summed E-state index contributed by atoms with van der Waals surface area (Å²) in [6.45, 7) is 2.53. The van der Waals surface area contributed by atoms with Crippen LogP contribution in [0.15, 0.2) is 0 Å². The van der Waals surface area contributed by atoms with Gasteiger partial charge in [0.15, 0.2) is 0 Å². The van der Waals surface area contributed by atoms with Gasteiger partial charge >= 0.3 is 0 Å². The number of carbonyl (C=O) groups excluding carboxylic acids is 1. The Bertz CT molecular complexity index is 500. The van der Waals surface area contributed by atoms with Gasteiger partial charge in [-0.3, -0.25) is 4.79 Å². The van der Waals surface area contributed by atoms with E-state index in [9.17, 15) is 4.79 Å². The molecule has 1 amide bonds. The van der Waals surface area contributed by atoms with Gasteiger partial charge in [-0.1, -0.05) is 0 Å². The highest BCUT2D eigenvalue weighted by atomic mass is 16.1. The van der Waals surface area contributed by atoms with Gasteiger partial charge in [0.05, 0.1) is 0 Å². The number of nitrogens with zero attached hydrogens (tertiary/aromatic N) is 3. The maximum absolute atomic E-state index is 11.3. The Kier molecular flexibility index (Phi) is 4.39. The number of hydrogen-bond acceptors (Lipinski definition) is 6. The smallest absolute Gasteiger partial charge is 0.221 e. The average molecular weight is 278 g/mol. The van der Waals surface area contributed by atoms with E-state index >= 15 is 0 Å². The van der Waals surface area contributed by atoms with Crippen molar-refractivity contribution in [3.8, 4) is 0 Å². The van der Waals surface area contributed by atoms with Gasteiger partial charge < -0.3 is 15.6 Å². The zero-order valence-electron chi connectivity index (χ0n) is 12.2. The first kappa shape index (κ1) is 14.5. The zero-order chi connectivity index (χ0) is 14.7. The first-order valence-electron chi connectivity index (χ1n) is 6.83. The van der Waals surface area contributed by atoms with Crippen LogP contribution in [0.5, 0.6) is 0 Å². The van der Waals surface area contributed by atoms with Gasteiger partial charge in [0, 0.05) is 38.5 Å². The fourth-order valence-corrected chi connectivity index (χ4v) is 2.06. The van der Waals surface area contributed by atoms with Gasteiger partial charge in [0.1, 0.15) is 17.5 Å². The van der Waals surface area contributed by atoms with Crippen LogP contribution in [-0.4, -0.2) is 36.5 Å². The van der Waals surface area contributed by atoms with E-state index < -0.39 is 0 Å². The summed E-state index contributed by atoms with van der Waals surface area (Å²) >= 11 is 0. The highest BCUT2D eigenvalue weighted by molar-refractivity contribution is 5.76. The van der Waals surface area contributed by atoms with Crippen LogP contribution in [0.4, 0.5) is 11.6 Å². The topological polar surface area (TPSA) is 96.2 Å². The maximum atomic E-state index is 11.3. The number of nitrogens with one attached hydrogen (secondary N) is 2. The van der Waals surface area contributed by atoms with E-state index in [0.717, 1.165) is 30.0 Å². The third kappa shape index (κ3) is 3.16. The zero-order valence-corrected chi connectivity index (χ0v) is 12.2. The lowest BCUT2D eigenvalue weighted by Gasteiger charge is -2.21. The third-order valence-electron chi connectivity index (χ3n) is 3.53. The molecule has 1 aliphatic rings. The van der Waals surface area contributed by atoms with Crippen molar-refractivity contribution in [2.24, 2.45) is 5.84 Å². The molecule has 0 spiro atoms. The molecule has 0 saturated heterocycles. The molecule has 0 aromatic carbocycles. The number of amides is 1. The lowest BCUT2D eigenvalue weighted by molar-refractivity contribution is -0.120. The molecule has 1 heterocycles. The largest absolute Gasteiger partial charge is 0.359 e. The summed E-state index contributed by atoms with van der Waals surface area (Å²) in [6, 6.07) is 0. The van der Waals surface area contributed by atoms with Crippen LogP contribution in [0.25, 0.3) is 0 Å². The molecule has 1 aromatic heterocycles. The summed E-state index contributed by atoms with van der Waals surface area (Å²) in [5, 5.41) is 2.62. The number of rotatable bonds is 6. The van der Waals surface area contributed by atoms with Crippen molar-refractivity contribution in [1.82, 2.24) is 15.3 Å². The molecule has 2 rings (SSSR count). The van der Waals surface area contributed by atoms with Crippen molar-refractivity contribution < 1.29 is 4.79 Å². The molecule has 7 nitrogen and oxygen atoms in total. The molecule has 7 heteroatoms. The summed E-state index contributed by atoms with van der Waals surface area (Å²) in [5.74, 6) is 8.33. The van der Waals surface area contributed by atoms with Crippen LogP contribution in [0.2, 0.25) is 0 Å². The lowest BCUT2D eigenvalue weighted by Crippen LogP contribution is -2.28. The van der Waals surface area contributed by atoms with Crippen LogP contribution in [0, 0.1) is 6.92 Å². The molecule has 110 valence electrons. The molecule has 0 aliphatic heterocycles. The number of hydrogen-bond donors (Lipinski definition) is 3. The van der Waals surface area contributed by atoms with Crippen molar-refractivity contribution >= 4 is 17.5 Å². The highest BCUT2D eigenvalue weighted by Crippen LogP contribution is 2.39. The molecule has 0 bridgehead atoms. The molecule has 0 radical (unpaired) electrons. The number of carbonyl (C=O) groups is 1. The fourth-order valence-electron chi connectivity index (χ4n) is 2.06. The Morgan fingerprint density at radius 1 is 1.45 bits per heavy atom. The van der Waals surface area contributed by atoms with Crippen molar-refractivity contribution in [2.75, 3.05) is 31.0 Å². The van der Waals surface area contributed by atoms with E-state index in [4.69, 9.17) is 5.84 Å². The summed E-state index contributed by atoms with van der Waals surface area (Å²) in [5.41, 5.74) is 3.53. The third-order valence-corrected chi connectivity index (χ3v) is 3.53. The van der Waals surface area contributed by atoms with Crippen molar-refractivity contribution in [3.05, 3.63) is 11.4 Å². The summed E-state index contributed by atoms with van der Waals surface area (Å²) < 4.78 is 0. The second-order valence-electron chi connectivity index (χ2n) is 5.14. The van der Waals surface area contributed by atoms with E-state index in [1.807, 2.05) is 18.9 Å². The minimum absolute atomic E-state index is 0.0168. The number of nitrogen functional groups attached to an aromatic ring is 1. The Hall–Kier alpha value is -1.89. The molecule has 0 unspecified atom stereocenters. The van der Waals surface area contributed by atoms with Gasteiger partial charge in [-0.25, -0.2) is 15.8 Å². The molecule has 4 N–H and O–H groups in total. The van der Waals surface area contributed by atoms with E-state index in [1.165, 1.54) is 0 Å². The SMILES string of the molecule is CNC(=O)CCN(C)c1nc(C2CC2)nc(NN)c1C. The number of aromatic nitrogens is 2. The Morgan fingerprint density at radius 2 is 2.15 bits per heavy atom. The van der Waals surface area contributed by atoms with Gasteiger partial charge in [-0.05, 0) is 19.8 Å². The molecule has 1 fully saturated rings. The molecule has 20 heavy (non-hydrogen) atoms. The monoisotopic (exact) mass is 278 g/mol. The Morgan fingerprint density at radius 3 is 2.70 bits per heavy atom. The van der Waals surface area contributed by atoms with Gasteiger partial charge in [0.25, 0.3) is 0 Å². The van der Waals surface area contributed by atoms with Crippen LogP contribution < -0.4 is 21.5 Å². The van der Waals surface area contributed by atoms with Gasteiger partial charge in [-0.2, -0.15) is 0 Å². The van der Waals surface area contributed by atoms with Gasteiger partial charge in [0.2, 0.25) is 5.91 Å². The first-order chi connectivity index (χ1) is 9.56. The molecule has 1 aromatic rings. The van der Waals surface area contributed by atoms with E-state index in [1.54, 1.807) is 7.05 Å². The second-order valence-corrected chi connectivity index (χ2v) is 5.14. The predicted molar refractivity (Wildman–Crippen MR) is 78.5 cm³/mol. The molecule has 0 atom stereocenters. The van der Waals surface area contributed by atoms with Gasteiger partial charge in [-0.15, -0.1) is 0 Å². The van der Waals surface area contributed by atoms with Crippen LogP contribution in [0.3, 0.4) is 0 Å². The lowest BCUT2D eigenvalue weighted by atomic mass is 10.2. The minimum Gasteiger partial charge on any atom is -0.359 e. The summed E-state index contributed by atoms with van der Waals surface area (Å²) in [6.07, 6.45) is 2.70. The number of anilines is 2. The number of hydrazine groups is 1. The van der Waals surface area contributed by atoms with Crippen molar-refractivity contribution in [3.63, 3.8) is 0 Å². The van der Waals surface area contributed by atoms with Crippen molar-refractivity contribution in [1.29, 1.82) is 0 Å². The summed E-state index contributed by atoms with van der Waals surface area (Å²) in [7, 11) is 3.56. The van der Waals surface area contributed by atoms with Crippen LogP contribution in [0.1, 0.15) is 36.6 Å². The maximum Gasteiger partial charge on any atom is 0.221 e. The van der Waals surface area contributed by atoms with E-state index in [-0.39, 0.29) is 5.91 Å². The summed E-state index contributed by atoms with van der Waals surface area (Å²) in [4.78, 5) is 22.4. The Balaban J connectivity index is 2.20. The van der Waals surface area contributed by atoms with E-state index in [2.05, 4.69) is 20.7 Å². The van der Waals surface area contributed by atoms with E-state index in [0.29, 0.717) is 24.7 Å². The standard InChI is InChI=1S/C13H22N6O/c1-8-11(18-14)16-12(9-4-5-9)17-13(8)19(3)7-6-10(20)15-2/h9H,4-7,14H2,1-3H3,(H,15,20)(H,16,17,18). The van der Waals surface area contributed by atoms with Crippen molar-refractivity contribution in [2.45, 2.75) is 32.1 Å². The first-order valence-corrected chi connectivity index (χ1v) is 6.83. The number of nitrogens with two attached hydrogens (primary N) is 1. The van der Waals surface area contributed by atoms with Crippen LogP contribution >= 0.6 is 0 Å². The normalized spacial score (nSPS) is 14.0. The quantitative estimate of drug-likeness (QED) is 0.518. The highest BCUT2D eigenvalue weighted by Gasteiger charge is 2.28. The average Bonchev–Trinajstić information content (AvgIpc) is 3.29. The fraction of sp³-hybridized carbons (Fsp3) is 0.615. The molecular weight excluding hydrogens is 256 g/mol. The predicted octanol–water partition coefficient (Wildman–Crippen LogP) is 0.520. The second kappa shape index (κ2) is 6.04. The molecule has 1 aliphatic carbocycles. The minimum atomic E-state index is 0.0168. The van der Waals surface area contributed by atoms with Crippen LogP contribution in [-0.2, 0) is 4.79 Å². The Labute approximate surface area is 118 Å². The molecular formula is C13H22N6O.